The van der Waals surface area contributed by atoms with Crippen molar-refractivity contribution in [2.45, 2.75) is 51.0 Å². The molecule has 2 aromatic carbocycles. The average molecular weight is 434 g/mol. The van der Waals surface area contributed by atoms with Gasteiger partial charge in [0.2, 0.25) is 5.82 Å². The largest absolute Gasteiger partial charge is 0.494 e. The number of fused-ring (bicyclic) bond motifs is 1. The number of halogens is 4. The number of aliphatic hydroxyl groups is 1. The lowest BCUT2D eigenvalue weighted by Gasteiger charge is -2.22. The molecule has 1 fully saturated rings. The Kier molecular flexibility index (Phi) is 6.11. The van der Waals surface area contributed by atoms with Gasteiger partial charge in [0.1, 0.15) is 0 Å². The smallest absolute Gasteiger partial charge is 0.201 e. The van der Waals surface area contributed by atoms with Gasteiger partial charge in [-0.3, -0.25) is 0 Å². The van der Waals surface area contributed by atoms with Gasteiger partial charge >= 0.3 is 0 Å². The molecule has 2 aliphatic carbocycles. The Hall–Kier alpha value is -2.34. The van der Waals surface area contributed by atoms with Gasteiger partial charge < -0.3 is 9.84 Å². The van der Waals surface area contributed by atoms with E-state index < -0.39 is 29.4 Å². The van der Waals surface area contributed by atoms with Crippen molar-refractivity contribution in [2.24, 2.45) is 11.8 Å². The van der Waals surface area contributed by atoms with E-state index in [-0.39, 0.29) is 34.6 Å². The van der Waals surface area contributed by atoms with Crippen LogP contribution in [0.4, 0.5) is 17.6 Å². The zero-order chi connectivity index (χ0) is 22.3. The van der Waals surface area contributed by atoms with Crippen molar-refractivity contribution >= 4 is 5.57 Å². The molecule has 4 rings (SSSR count). The van der Waals surface area contributed by atoms with Crippen LogP contribution >= 0.6 is 0 Å². The molecule has 0 bridgehead atoms. The van der Waals surface area contributed by atoms with E-state index in [2.05, 4.69) is 0 Å². The van der Waals surface area contributed by atoms with Crippen molar-refractivity contribution in [1.82, 2.24) is 0 Å². The van der Waals surface area contributed by atoms with Crippen LogP contribution in [0.25, 0.3) is 5.57 Å². The number of allylic oxidation sites excluding steroid dienone is 2. The highest BCUT2D eigenvalue weighted by molar-refractivity contribution is 5.71. The van der Waals surface area contributed by atoms with Crippen LogP contribution in [-0.2, 0) is 0 Å². The first-order valence-corrected chi connectivity index (χ1v) is 10.8. The molecule has 0 heterocycles. The molecule has 6 heteroatoms. The fraction of sp³-hybridized carbons (Fsp3) is 0.440. The monoisotopic (exact) mass is 434 g/mol. The van der Waals surface area contributed by atoms with E-state index in [1.54, 1.807) is 6.07 Å². The highest BCUT2D eigenvalue weighted by atomic mass is 19.2. The molecule has 2 nitrogen and oxygen atoms in total. The maximum Gasteiger partial charge on any atom is 0.201 e. The molecule has 2 aromatic rings. The van der Waals surface area contributed by atoms with Gasteiger partial charge in [-0.25, -0.2) is 13.2 Å². The van der Waals surface area contributed by atoms with E-state index >= 15 is 0 Å². The second kappa shape index (κ2) is 8.65. The SMILES string of the molecule is CCCC(O)c1ccc(C2CCC3C(c4ccc(OC)c(F)c4F)=CCC32)c(F)c1F. The van der Waals surface area contributed by atoms with Gasteiger partial charge in [0.15, 0.2) is 23.2 Å². The molecule has 0 saturated heterocycles. The minimum atomic E-state index is -1.03. The Bertz CT molecular complexity index is 1020. The van der Waals surface area contributed by atoms with E-state index in [1.165, 1.54) is 25.3 Å². The predicted octanol–water partition coefficient (Wildman–Crippen LogP) is 6.68. The zero-order valence-corrected chi connectivity index (χ0v) is 17.6. The number of hydrogen-bond acceptors (Lipinski definition) is 2. The van der Waals surface area contributed by atoms with Gasteiger partial charge in [-0.2, -0.15) is 4.39 Å². The molecule has 2 aliphatic rings. The minimum Gasteiger partial charge on any atom is -0.494 e. The highest BCUT2D eigenvalue weighted by Crippen LogP contribution is 2.55. The first-order valence-electron chi connectivity index (χ1n) is 10.8. The summed E-state index contributed by atoms with van der Waals surface area (Å²) in [5, 5.41) is 10.1. The minimum absolute atomic E-state index is 0.000113. The summed E-state index contributed by atoms with van der Waals surface area (Å²) in [5.41, 5.74) is 1.21. The summed E-state index contributed by atoms with van der Waals surface area (Å²) in [4.78, 5) is 0. The first kappa shape index (κ1) is 21.9. The lowest BCUT2D eigenvalue weighted by atomic mass is 9.83. The molecule has 0 aromatic heterocycles. The molecule has 0 radical (unpaired) electrons. The van der Waals surface area contributed by atoms with Crippen LogP contribution in [0.1, 0.15) is 67.7 Å². The Morgan fingerprint density at radius 3 is 2.42 bits per heavy atom. The topological polar surface area (TPSA) is 29.5 Å². The molecule has 1 N–H and O–H groups in total. The number of aliphatic hydroxyl groups excluding tert-OH is 1. The Balaban J connectivity index is 1.60. The number of methoxy groups -OCH3 is 1. The summed E-state index contributed by atoms with van der Waals surface area (Å²) in [6, 6.07) is 5.97. The molecule has 0 amide bonds. The van der Waals surface area contributed by atoms with E-state index in [4.69, 9.17) is 4.74 Å². The third-order valence-electron chi connectivity index (χ3n) is 6.87. The molecule has 0 aliphatic heterocycles. The zero-order valence-electron chi connectivity index (χ0n) is 17.6. The Morgan fingerprint density at radius 1 is 0.968 bits per heavy atom. The van der Waals surface area contributed by atoms with E-state index in [9.17, 15) is 22.7 Å². The van der Waals surface area contributed by atoms with Crippen molar-refractivity contribution in [3.63, 3.8) is 0 Å². The van der Waals surface area contributed by atoms with Gasteiger partial charge in [-0.1, -0.05) is 31.6 Å². The quantitative estimate of drug-likeness (QED) is 0.514. The second-order valence-corrected chi connectivity index (χ2v) is 8.47. The van der Waals surface area contributed by atoms with Crippen LogP contribution in [0.2, 0.25) is 0 Å². The number of rotatable bonds is 6. The van der Waals surface area contributed by atoms with Gasteiger partial charge in [0.05, 0.1) is 13.2 Å². The molecule has 4 unspecified atom stereocenters. The third-order valence-corrected chi connectivity index (χ3v) is 6.87. The fourth-order valence-electron chi connectivity index (χ4n) is 5.36. The molecule has 166 valence electrons. The molecule has 31 heavy (non-hydrogen) atoms. The lowest BCUT2D eigenvalue weighted by molar-refractivity contribution is 0.160. The summed E-state index contributed by atoms with van der Waals surface area (Å²) in [5.74, 6) is -4.26. The summed E-state index contributed by atoms with van der Waals surface area (Å²) in [6.07, 6.45) is 3.81. The van der Waals surface area contributed by atoms with Crippen LogP contribution in [0, 0.1) is 35.1 Å². The number of hydrogen-bond donors (Lipinski definition) is 1. The molecule has 4 atom stereocenters. The van der Waals surface area contributed by atoms with Crippen LogP contribution in [-0.4, -0.2) is 12.2 Å². The van der Waals surface area contributed by atoms with Crippen molar-refractivity contribution in [3.05, 3.63) is 70.3 Å². The maximum absolute atomic E-state index is 15.0. The van der Waals surface area contributed by atoms with E-state index in [1.807, 2.05) is 13.0 Å². The predicted molar refractivity (Wildman–Crippen MR) is 111 cm³/mol. The van der Waals surface area contributed by atoms with Gasteiger partial charge in [0, 0.05) is 11.1 Å². The molecular weight excluding hydrogens is 408 g/mol. The summed E-state index contributed by atoms with van der Waals surface area (Å²) < 4.78 is 63.4. The van der Waals surface area contributed by atoms with Crippen molar-refractivity contribution < 1.29 is 27.4 Å². The standard InChI is InChI=1S/C25H26F4O2/c1-3-4-20(30)19-10-9-17(22(26)24(19)28)15-7-5-14-13(15)6-8-16(14)18-11-12-21(31-2)25(29)23(18)27/h8-15,20,30H,3-7H2,1-2H3. The number of ether oxygens (including phenoxy) is 1. The lowest BCUT2D eigenvalue weighted by Crippen LogP contribution is -2.14. The fourth-order valence-corrected chi connectivity index (χ4v) is 5.36. The van der Waals surface area contributed by atoms with Crippen LogP contribution in [0.15, 0.2) is 30.3 Å². The van der Waals surface area contributed by atoms with Crippen molar-refractivity contribution in [1.29, 1.82) is 0 Å². The van der Waals surface area contributed by atoms with Gasteiger partial charge in [-0.15, -0.1) is 0 Å². The molecule has 1 saturated carbocycles. The number of benzene rings is 2. The second-order valence-electron chi connectivity index (χ2n) is 8.47. The van der Waals surface area contributed by atoms with Crippen LogP contribution < -0.4 is 4.74 Å². The normalized spacial score (nSPS) is 23.6. The van der Waals surface area contributed by atoms with Crippen molar-refractivity contribution in [2.75, 3.05) is 7.11 Å². The Morgan fingerprint density at radius 2 is 1.71 bits per heavy atom. The first-order chi connectivity index (χ1) is 14.9. The maximum atomic E-state index is 15.0. The molecule has 0 spiro atoms. The summed E-state index contributed by atoms with van der Waals surface area (Å²) >= 11 is 0. The van der Waals surface area contributed by atoms with Crippen LogP contribution in [0.5, 0.6) is 5.75 Å². The van der Waals surface area contributed by atoms with E-state index in [0.29, 0.717) is 37.7 Å². The third kappa shape index (κ3) is 3.65. The van der Waals surface area contributed by atoms with Gasteiger partial charge in [0.25, 0.3) is 0 Å². The summed E-state index contributed by atoms with van der Waals surface area (Å²) in [7, 11) is 1.28. The average Bonchev–Trinajstić information content (AvgIpc) is 3.35. The van der Waals surface area contributed by atoms with Crippen LogP contribution in [0.3, 0.4) is 0 Å². The van der Waals surface area contributed by atoms with Crippen molar-refractivity contribution in [3.8, 4) is 5.75 Å². The summed E-state index contributed by atoms with van der Waals surface area (Å²) in [6.45, 7) is 1.87. The van der Waals surface area contributed by atoms with E-state index in [0.717, 1.165) is 5.57 Å². The highest BCUT2D eigenvalue weighted by Gasteiger charge is 2.43. The molecular formula is C25H26F4O2. The Labute approximate surface area is 179 Å². The van der Waals surface area contributed by atoms with Gasteiger partial charge in [-0.05, 0) is 66.7 Å².